The van der Waals surface area contributed by atoms with Crippen LogP contribution in [0.5, 0.6) is 5.75 Å². The van der Waals surface area contributed by atoms with E-state index < -0.39 is 0 Å². The first-order valence-corrected chi connectivity index (χ1v) is 12.4. The Morgan fingerprint density at radius 1 is 1.17 bits per heavy atom. The highest BCUT2D eigenvalue weighted by Gasteiger charge is 2.33. The Hall–Kier alpha value is -3.23. The Morgan fingerprint density at radius 3 is 2.77 bits per heavy atom. The summed E-state index contributed by atoms with van der Waals surface area (Å²) >= 11 is 1.66. The summed E-state index contributed by atoms with van der Waals surface area (Å²) in [5, 5.41) is 2.01. The molecule has 0 radical (unpaired) electrons. The van der Waals surface area contributed by atoms with Crippen molar-refractivity contribution in [3.8, 4) is 5.75 Å². The van der Waals surface area contributed by atoms with E-state index in [2.05, 4.69) is 0 Å². The quantitative estimate of drug-likeness (QED) is 0.438. The van der Waals surface area contributed by atoms with Gasteiger partial charge in [-0.15, -0.1) is 11.3 Å². The number of thiophene rings is 1. The first kappa shape index (κ1) is 24.9. The molecule has 1 unspecified atom stereocenters. The molecule has 4 rings (SSSR count). The molecule has 2 amide bonds. The average Bonchev–Trinajstić information content (AvgIpc) is 3.34. The number of rotatable bonds is 9. The number of carbonyl (C=O) groups is 2. The van der Waals surface area contributed by atoms with Gasteiger partial charge in [0.1, 0.15) is 24.7 Å². The van der Waals surface area contributed by atoms with Gasteiger partial charge in [0.25, 0.3) is 5.91 Å². The number of halogens is 1. The van der Waals surface area contributed by atoms with Crippen molar-refractivity contribution in [3.63, 3.8) is 0 Å². The van der Waals surface area contributed by atoms with E-state index in [9.17, 15) is 14.0 Å². The molecule has 1 atom stereocenters. The summed E-state index contributed by atoms with van der Waals surface area (Å²) in [5.74, 6) is -0.322. The summed E-state index contributed by atoms with van der Waals surface area (Å²) in [6, 6.07) is 15.0. The van der Waals surface area contributed by atoms with Crippen LogP contribution in [0.15, 0.2) is 60.0 Å². The van der Waals surface area contributed by atoms with Gasteiger partial charge in [-0.2, -0.15) is 0 Å². The smallest absolute Gasteiger partial charge is 0.254 e. The first-order valence-electron chi connectivity index (χ1n) is 11.6. The van der Waals surface area contributed by atoms with Gasteiger partial charge in [-0.1, -0.05) is 24.3 Å². The Labute approximate surface area is 208 Å². The second-order valence-electron chi connectivity index (χ2n) is 8.45. The summed E-state index contributed by atoms with van der Waals surface area (Å²) in [6.07, 6.45) is 0.749. The maximum Gasteiger partial charge on any atom is 0.254 e. The van der Waals surface area contributed by atoms with Gasteiger partial charge in [0.05, 0.1) is 12.6 Å². The number of ether oxygens (including phenoxy) is 2. The van der Waals surface area contributed by atoms with Crippen molar-refractivity contribution in [3.05, 3.63) is 87.4 Å². The van der Waals surface area contributed by atoms with E-state index in [4.69, 9.17) is 9.47 Å². The average molecular weight is 497 g/mol. The van der Waals surface area contributed by atoms with Crippen LogP contribution in [0.25, 0.3) is 0 Å². The highest BCUT2D eigenvalue weighted by Crippen LogP contribution is 2.34. The molecule has 3 aromatic rings. The van der Waals surface area contributed by atoms with Crippen LogP contribution in [-0.4, -0.2) is 61.6 Å². The number of amides is 2. The maximum absolute atomic E-state index is 13.6. The van der Waals surface area contributed by atoms with Crippen molar-refractivity contribution in [2.45, 2.75) is 19.4 Å². The Balaban J connectivity index is 1.53. The van der Waals surface area contributed by atoms with Crippen LogP contribution in [0.2, 0.25) is 0 Å². The SMILES string of the molecule is COCCN(CC(=O)N1CCc2sccc2C1COc1cccc(F)c1)C(=O)c1ccccc1C. The molecule has 0 saturated heterocycles. The van der Waals surface area contributed by atoms with E-state index in [-0.39, 0.29) is 36.8 Å². The van der Waals surface area contributed by atoms with Crippen molar-refractivity contribution in [2.75, 3.05) is 40.0 Å². The van der Waals surface area contributed by atoms with Crippen molar-refractivity contribution in [1.82, 2.24) is 9.80 Å². The van der Waals surface area contributed by atoms with E-state index >= 15 is 0 Å². The van der Waals surface area contributed by atoms with Gasteiger partial charge in [0.15, 0.2) is 0 Å². The fraction of sp³-hybridized carbons (Fsp3) is 0.333. The summed E-state index contributed by atoms with van der Waals surface area (Å²) in [7, 11) is 1.57. The molecule has 2 aromatic carbocycles. The van der Waals surface area contributed by atoms with Crippen molar-refractivity contribution < 1.29 is 23.5 Å². The first-order chi connectivity index (χ1) is 17.0. The van der Waals surface area contributed by atoms with Crippen LogP contribution in [0.3, 0.4) is 0 Å². The van der Waals surface area contributed by atoms with E-state index in [1.165, 1.54) is 17.0 Å². The molecule has 0 spiro atoms. The van der Waals surface area contributed by atoms with Crippen molar-refractivity contribution in [2.24, 2.45) is 0 Å². The molecule has 184 valence electrons. The third-order valence-electron chi connectivity index (χ3n) is 6.17. The molecular formula is C27H29FN2O4S. The third kappa shape index (κ3) is 5.89. The number of aryl methyl sites for hydroxylation is 1. The monoisotopic (exact) mass is 496 g/mol. The number of fused-ring (bicyclic) bond motifs is 1. The molecule has 0 bridgehead atoms. The van der Waals surface area contributed by atoms with Crippen LogP contribution in [-0.2, 0) is 16.0 Å². The minimum atomic E-state index is -0.376. The van der Waals surface area contributed by atoms with Gasteiger partial charge >= 0.3 is 0 Å². The second kappa shape index (κ2) is 11.5. The molecule has 1 aliphatic rings. The molecule has 0 aliphatic carbocycles. The number of carbonyl (C=O) groups excluding carboxylic acids is 2. The van der Waals surface area contributed by atoms with Crippen molar-refractivity contribution in [1.29, 1.82) is 0 Å². The van der Waals surface area contributed by atoms with Crippen LogP contribution < -0.4 is 4.74 Å². The number of methoxy groups -OCH3 is 1. The van der Waals surface area contributed by atoms with Gasteiger partial charge in [0, 0.05) is 36.7 Å². The minimum absolute atomic E-state index is 0.0630. The Morgan fingerprint density at radius 2 is 2.00 bits per heavy atom. The lowest BCUT2D eigenvalue weighted by Crippen LogP contribution is -2.48. The molecule has 6 nitrogen and oxygen atoms in total. The van der Waals surface area contributed by atoms with Gasteiger partial charge < -0.3 is 19.3 Å². The molecule has 1 aromatic heterocycles. The molecule has 35 heavy (non-hydrogen) atoms. The van der Waals surface area contributed by atoms with Crippen LogP contribution in [0, 0.1) is 12.7 Å². The topological polar surface area (TPSA) is 59.1 Å². The third-order valence-corrected chi connectivity index (χ3v) is 7.17. The lowest BCUT2D eigenvalue weighted by molar-refractivity contribution is -0.135. The number of hydrogen-bond acceptors (Lipinski definition) is 5. The van der Waals surface area contributed by atoms with E-state index in [0.717, 1.165) is 17.5 Å². The van der Waals surface area contributed by atoms with Crippen LogP contribution in [0.1, 0.15) is 32.4 Å². The van der Waals surface area contributed by atoms with Gasteiger partial charge in [-0.05, 0) is 54.1 Å². The lowest BCUT2D eigenvalue weighted by Gasteiger charge is -2.37. The predicted octanol–water partition coefficient (Wildman–Crippen LogP) is 4.49. The number of nitrogens with zero attached hydrogens (tertiary/aromatic N) is 2. The molecule has 2 heterocycles. The Bertz CT molecular complexity index is 1180. The summed E-state index contributed by atoms with van der Waals surface area (Å²) < 4.78 is 24.7. The summed E-state index contributed by atoms with van der Waals surface area (Å²) in [6.45, 7) is 3.17. The molecule has 1 aliphatic heterocycles. The van der Waals surface area contributed by atoms with Gasteiger partial charge in [-0.3, -0.25) is 9.59 Å². The highest BCUT2D eigenvalue weighted by atomic mass is 32.1. The number of benzene rings is 2. The molecule has 0 fully saturated rings. The fourth-order valence-electron chi connectivity index (χ4n) is 4.30. The van der Waals surface area contributed by atoms with Crippen LogP contribution in [0.4, 0.5) is 4.39 Å². The highest BCUT2D eigenvalue weighted by molar-refractivity contribution is 7.10. The van der Waals surface area contributed by atoms with Crippen molar-refractivity contribution >= 4 is 23.2 Å². The van der Waals surface area contributed by atoms with E-state index in [1.807, 2.05) is 36.6 Å². The Kier molecular flexibility index (Phi) is 8.15. The zero-order valence-corrected chi connectivity index (χ0v) is 20.7. The fourth-order valence-corrected chi connectivity index (χ4v) is 5.23. The summed E-state index contributed by atoms with van der Waals surface area (Å²) in [4.78, 5) is 31.4. The van der Waals surface area contributed by atoms with Gasteiger partial charge in [-0.25, -0.2) is 4.39 Å². The molecular weight excluding hydrogens is 467 g/mol. The molecule has 0 N–H and O–H groups in total. The lowest BCUT2D eigenvalue weighted by atomic mass is 10.00. The minimum Gasteiger partial charge on any atom is -0.491 e. The second-order valence-corrected chi connectivity index (χ2v) is 9.46. The predicted molar refractivity (Wildman–Crippen MR) is 133 cm³/mol. The molecule has 0 saturated carbocycles. The summed E-state index contributed by atoms with van der Waals surface area (Å²) in [5.41, 5.74) is 2.47. The van der Waals surface area contributed by atoms with E-state index in [1.54, 1.807) is 46.4 Å². The molecule has 8 heteroatoms. The number of hydrogen-bond donors (Lipinski definition) is 0. The maximum atomic E-state index is 13.6. The zero-order valence-electron chi connectivity index (χ0n) is 19.9. The zero-order chi connectivity index (χ0) is 24.8. The largest absolute Gasteiger partial charge is 0.491 e. The van der Waals surface area contributed by atoms with Crippen LogP contribution >= 0.6 is 11.3 Å². The normalized spacial score (nSPS) is 14.9. The standard InChI is InChI=1S/C27H29FN2O4S/c1-19-6-3-4-9-22(19)27(32)29(13-14-33-2)17-26(31)30-12-10-25-23(11-15-35-25)24(30)18-34-21-8-5-7-20(28)16-21/h3-9,11,15-16,24H,10,12-14,17-18H2,1-2H3. The van der Waals surface area contributed by atoms with E-state index in [0.29, 0.717) is 31.0 Å². The van der Waals surface area contributed by atoms with Gasteiger partial charge in [0.2, 0.25) is 5.91 Å².